The third kappa shape index (κ3) is 8.00. The molecule has 8 heteroatoms. The number of ether oxygens (including phenoxy) is 2. The molecule has 454 valence electrons. The van der Waals surface area contributed by atoms with Crippen molar-refractivity contribution in [3.63, 3.8) is 0 Å². The molecule has 98 heavy (non-hydrogen) atoms. The number of anilines is 6. The molecule has 0 unspecified atom stereocenters. The lowest BCUT2D eigenvalue weighted by Crippen LogP contribution is -2.63. The van der Waals surface area contributed by atoms with Crippen molar-refractivity contribution >= 4 is 124 Å². The molecular formula is C90H56B2N4O2. The molecule has 6 nitrogen and oxygen atoms in total. The summed E-state index contributed by atoms with van der Waals surface area (Å²) in [6, 6.07) is 72.4. The van der Waals surface area contributed by atoms with Crippen LogP contribution in [0.25, 0.3) is 99.5 Å². The van der Waals surface area contributed by atoms with Crippen molar-refractivity contribution in [3.05, 3.63) is 339 Å². The van der Waals surface area contributed by atoms with Gasteiger partial charge in [0.1, 0.15) is 23.0 Å². The van der Waals surface area contributed by atoms with Gasteiger partial charge < -0.3 is 28.4 Å². The fourth-order valence-corrected chi connectivity index (χ4v) is 15.9. The molecule has 0 aliphatic carbocycles. The van der Waals surface area contributed by atoms with E-state index in [1.807, 2.05) is 127 Å². The van der Waals surface area contributed by atoms with Gasteiger partial charge in [0.2, 0.25) is 0 Å². The first-order valence-electron chi connectivity index (χ1n) is 40.5. The van der Waals surface area contributed by atoms with Crippen LogP contribution in [0.3, 0.4) is 0 Å². The van der Waals surface area contributed by atoms with E-state index in [1.54, 1.807) is 12.1 Å². The Morgan fingerprint density at radius 1 is 0.265 bits per heavy atom. The Labute approximate surface area is 590 Å². The van der Waals surface area contributed by atoms with Crippen LogP contribution in [0.4, 0.5) is 34.1 Å². The van der Waals surface area contributed by atoms with Crippen molar-refractivity contribution in [3.8, 4) is 78.9 Å². The first-order valence-corrected chi connectivity index (χ1v) is 32.5. The summed E-state index contributed by atoms with van der Waals surface area (Å²) in [6.45, 7) is -1.30. The van der Waals surface area contributed by atoms with Gasteiger partial charge >= 0.3 is 0 Å². The number of nitrogens with zero attached hydrogens (tertiary/aromatic N) is 4. The van der Waals surface area contributed by atoms with E-state index in [-0.39, 0.29) is 55.0 Å². The molecule has 0 amide bonds. The Balaban J connectivity index is 0.871. The van der Waals surface area contributed by atoms with Crippen molar-refractivity contribution in [2.24, 2.45) is 0 Å². The monoisotopic (exact) mass is 1260 g/mol. The smallest absolute Gasteiger partial charge is 0.256 e. The van der Waals surface area contributed by atoms with Gasteiger partial charge in [-0.25, -0.2) is 0 Å². The van der Waals surface area contributed by atoms with Crippen LogP contribution in [0.15, 0.2) is 339 Å². The number of para-hydroxylation sites is 8. The molecule has 0 radical (unpaired) electrons. The van der Waals surface area contributed by atoms with Crippen LogP contribution in [0.5, 0.6) is 23.0 Å². The van der Waals surface area contributed by atoms with Gasteiger partial charge in [0.15, 0.2) is 0 Å². The predicted molar refractivity (Wildman–Crippen MR) is 409 cm³/mol. The average Bonchev–Trinajstić information content (AvgIpc) is 1.23. The zero-order valence-corrected chi connectivity index (χ0v) is 51.9. The molecule has 0 fully saturated rings. The molecule has 2 aromatic heterocycles. The summed E-state index contributed by atoms with van der Waals surface area (Å²) >= 11 is 0. The maximum Gasteiger partial charge on any atom is 0.256 e. The molecule has 0 atom stereocenters. The topological polar surface area (TPSA) is 34.8 Å². The minimum absolute atomic E-state index is 0.0759. The summed E-state index contributed by atoms with van der Waals surface area (Å²) in [5, 5.41) is -0.358. The quantitative estimate of drug-likeness (QED) is 0.142. The molecule has 4 aliphatic heterocycles. The van der Waals surface area contributed by atoms with Gasteiger partial charge in [-0.05, 0) is 103 Å². The molecular weight excluding hydrogens is 1190 g/mol. The van der Waals surface area contributed by atoms with Crippen LogP contribution in [0.2, 0.25) is 0 Å². The van der Waals surface area contributed by atoms with Crippen molar-refractivity contribution in [2.75, 3.05) is 9.80 Å². The SMILES string of the molecule is [2H]c1c([2H])c([2H])c2c(c1[2H])c1c([2H])c([2H])c([2H])c([2H])c1n2-c1cc2c3c(c1)N(c1c(-c4ccccc4)cccc1-c1ccccc1)c1ccccc1B3c1cc3c(cc1O2)Oc1cc(-n2c4c([2H])c([2H])c([2H])c([2H])c4c4c([2H])c([2H])c([2H])c([2H])c42)cc2c1B3c1ccccc1N2c1c(-c2ccccc2)cccc1-c1ccccc1. The van der Waals surface area contributed by atoms with Crippen molar-refractivity contribution in [1.82, 2.24) is 9.13 Å². The van der Waals surface area contributed by atoms with Crippen molar-refractivity contribution in [1.29, 1.82) is 0 Å². The van der Waals surface area contributed by atoms with Gasteiger partial charge in [0.25, 0.3) is 13.4 Å². The van der Waals surface area contributed by atoms with E-state index in [0.717, 1.165) is 89.1 Å². The number of benzene rings is 15. The normalized spacial score (nSPS) is 15.3. The first-order chi connectivity index (χ1) is 55.3. The van der Waals surface area contributed by atoms with Crippen molar-refractivity contribution < 1.29 is 31.4 Å². The zero-order chi connectivity index (χ0) is 78.0. The minimum Gasteiger partial charge on any atom is -0.458 e. The highest BCUT2D eigenvalue weighted by atomic mass is 16.5. The van der Waals surface area contributed by atoms with Crippen molar-refractivity contribution in [2.45, 2.75) is 0 Å². The van der Waals surface area contributed by atoms with E-state index >= 15 is 0 Å². The van der Waals surface area contributed by atoms with Crippen LogP contribution in [-0.4, -0.2) is 22.6 Å². The van der Waals surface area contributed by atoms with E-state index in [9.17, 15) is 16.4 Å². The van der Waals surface area contributed by atoms with E-state index in [2.05, 4.69) is 113 Å². The summed E-state index contributed by atoms with van der Waals surface area (Å²) in [5.41, 5.74) is 16.3. The largest absolute Gasteiger partial charge is 0.458 e. The molecule has 6 heterocycles. The average molecular weight is 1260 g/mol. The lowest BCUT2D eigenvalue weighted by molar-refractivity contribution is 0.465. The van der Waals surface area contributed by atoms with Gasteiger partial charge in [-0.1, -0.05) is 273 Å². The van der Waals surface area contributed by atoms with Crippen LogP contribution >= 0.6 is 0 Å². The Kier molecular flexibility index (Phi) is 8.97. The summed E-state index contributed by atoms with van der Waals surface area (Å²) < 4.78 is 168. The van der Waals surface area contributed by atoms with Crippen LogP contribution in [0, 0.1) is 0 Å². The fraction of sp³-hybridized carbons (Fsp3) is 0. The molecule has 4 aliphatic rings. The maximum absolute atomic E-state index is 9.77. The second-order valence-electron chi connectivity index (χ2n) is 25.0. The zero-order valence-electron chi connectivity index (χ0n) is 67.9. The second-order valence-corrected chi connectivity index (χ2v) is 25.0. The first kappa shape index (κ1) is 41.1. The minimum atomic E-state index is -0.651. The summed E-state index contributed by atoms with van der Waals surface area (Å²) in [5.74, 6) is 1.34. The molecule has 15 aromatic carbocycles. The number of hydrogen-bond donors (Lipinski definition) is 0. The van der Waals surface area contributed by atoms with Gasteiger partial charge in [0, 0.05) is 84.7 Å². The summed E-state index contributed by atoms with van der Waals surface area (Å²) in [6.07, 6.45) is 0. The van der Waals surface area contributed by atoms with Gasteiger partial charge in [-0.3, -0.25) is 0 Å². The highest BCUT2D eigenvalue weighted by molar-refractivity contribution is 7.02. The van der Waals surface area contributed by atoms with E-state index in [0.29, 0.717) is 45.3 Å². The number of aromatic nitrogens is 2. The van der Waals surface area contributed by atoms with E-state index < -0.39 is 110 Å². The highest BCUT2D eigenvalue weighted by Crippen LogP contribution is 2.53. The standard InChI is InChI=1S/C90H56B2N4O2/c1-5-27-57(28-6-1)63-39-25-40-64(58-29-7-2-8-30-58)89(63)95-79-49-23-17-43-71(79)91-73-55-74-84(56-83(73)97-85-53-61(51-81(95)87(85)91)93-75-45-19-13-35-67(75)68-36-14-20-46-76(68)93)98-86-54-62(94-77-47-21-15-37-69(77)70-38-16-22-48-78(70)94)52-82-88(86)92(74)72-44-18-24-50-80(72)96(82)90-65(59-31-9-3-10-32-59)41-26-42-66(90)60-33-11-4-12-34-60/h1-56H/i13D,14D,15D,16D,19D,20D,21D,22D,35D,36D,37D,38D,45D,46D,47D,48D. The second kappa shape index (κ2) is 21.4. The molecule has 0 saturated carbocycles. The number of fused-ring (bicyclic) bond motifs is 14. The molecule has 17 aromatic rings. The van der Waals surface area contributed by atoms with Crippen LogP contribution < -0.4 is 52.1 Å². The Bertz CT molecular complexity index is 6480. The third-order valence-corrected chi connectivity index (χ3v) is 19.9. The lowest BCUT2D eigenvalue weighted by Gasteiger charge is -2.43. The molecule has 0 N–H and O–H groups in total. The van der Waals surface area contributed by atoms with E-state index in [1.165, 1.54) is 9.13 Å². The summed E-state index contributed by atoms with van der Waals surface area (Å²) in [7, 11) is 0. The molecule has 0 bridgehead atoms. The lowest BCUT2D eigenvalue weighted by atomic mass is 9.31. The fourth-order valence-electron chi connectivity index (χ4n) is 15.9. The predicted octanol–water partition coefficient (Wildman–Crippen LogP) is 19.4. The Morgan fingerprint density at radius 3 is 0.929 bits per heavy atom. The molecule has 0 saturated heterocycles. The maximum atomic E-state index is 9.77. The number of rotatable bonds is 8. The third-order valence-electron chi connectivity index (χ3n) is 19.9. The van der Waals surface area contributed by atoms with Crippen LogP contribution in [0.1, 0.15) is 21.9 Å². The van der Waals surface area contributed by atoms with Crippen LogP contribution in [-0.2, 0) is 0 Å². The summed E-state index contributed by atoms with van der Waals surface area (Å²) in [4.78, 5) is 4.45. The van der Waals surface area contributed by atoms with Gasteiger partial charge in [-0.15, -0.1) is 0 Å². The highest BCUT2D eigenvalue weighted by Gasteiger charge is 2.48. The number of hydrogen-bond acceptors (Lipinski definition) is 4. The van der Waals surface area contributed by atoms with Gasteiger partial charge in [0.05, 0.1) is 66.7 Å². The van der Waals surface area contributed by atoms with Gasteiger partial charge in [-0.2, -0.15) is 0 Å². The molecule has 21 rings (SSSR count). The Hall–Kier alpha value is -12.8. The molecule has 0 spiro atoms. The Morgan fingerprint density at radius 2 is 0.582 bits per heavy atom. The van der Waals surface area contributed by atoms with E-state index in [4.69, 9.17) is 15.0 Å².